The highest BCUT2D eigenvalue weighted by molar-refractivity contribution is 5.64. The Labute approximate surface area is 73.5 Å². The second-order valence-electron chi connectivity index (χ2n) is 3.90. The van der Waals surface area contributed by atoms with Crippen molar-refractivity contribution in [3.8, 4) is 0 Å². The van der Waals surface area contributed by atoms with Crippen molar-refractivity contribution < 1.29 is 9.53 Å². The molecule has 0 atom stereocenters. The summed E-state index contributed by atoms with van der Waals surface area (Å²) in [5, 5.41) is 3.15. The largest absolute Gasteiger partial charge is 0.448 e. The fourth-order valence-corrected chi connectivity index (χ4v) is 0.687. The van der Waals surface area contributed by atoms with Crippen LogP contribution < -0.4 is 11.1 Å². The minimum atomic E-state index is -0.715. The topological polar surface area (TPSA) is 64.3 Å². The third-order valence-electron chi connectivity index (χ3n) is 1.18. The zero-order chi connectivity index (χ0) is 9.61. The fourth-order valence-electron chi connectivity index (χ4n) is 0.687. The minimum absolute atomic E-state index is 0.257. The van der Waals surface area contributed by atoms with Gasteiger partial charge < -0.3 is 15.8 Å². The Morgan fingerprint density at radius 3 is 2.50 bits per heavy atom. The van der Waals surface area contributed by atoms with Gasteiger partial charge in [-0.3, -0.25) is 0 Å². The summed E-state index contributed by atoms with van der Waals surface area (Å²) in [6.07, 6.45) is -0.715. The van der Waals surface area contributed by atoms with Crippen LogP contribution in [-0.4, -0.2) is 25.8 Å². The number of carbonyl (C=O) groups is 1. The molecule has 0 saturated heterocycles. The number of nitrogens with two attached hydrogens (primary N) is 1. The number of hydrogen-bond donors (Lipinski definition) is 2. The molecule has 0 aliphatic rings. The predicted octanol–water partition coefficient (Wildman–Crippen LogP) is 0.717. The van der Waals surface area contributed by atoms with Gasteiger partial charge in [-0.05, 0) is 5.41 Å². The van der Waals surface area contributed by atoms with Gasteiger partial charge in [0.15, 0.2) is 0 Å². The van der Waals surface area contributed by atoms with Crippen molar-refractivity contribution in [3.05, 3.63) is 0 Å². The van der Waals surface area contributed by atoms with Crippen LogP contribution in [0.5, 0.6) is 0 Å². The average Bonchev–Trinajstić information content (AvgIpc) is 1.83. The summed E-state index contributed by atoms with van der Waals surface area (Å²) in [5.74, 6) is 0. The van der Waals surface area contributed by atoms with Gasteiger partial charge >= 0.3 is 6.09 Å². The molecular weight excluding hydrogens is 156 g/mol. The van der Waals surface area contributed by atoms with Crippen molar-refractivity contribution in [2.45, 2.75) is 20.8 Å². The molecule has 12 heavy (non-hydrogen) atoms. The molecule has 0 rings (SSSR count). The Balaban J connectivity index is 3.17. The zero-order valence-corrected chi connectivity index (χ0v) is 8.02. The molecule has 3 N–H and O–H groups in total. The molecule has 0 unspecified atom stereocenters. The van der Waals surface area contributed by atoms with Crippen LogP contribution >= 0.6 is 0 Å². The molecule has 0 aromatic rings. The van der Waals surface area contributed by atoms with Gasteiger partial charge in [0, 0.05) is 13.1 Å². The van der Waals surface area contributed by atoms with Crippen molar-refractivity contribution in [3.63, 3.8) is 0 Å². The zero-order valence-electron chi connectivity index (χ0n) is 8.02. The monoisotopic (exact) mass is 174 g/mol. The molecule has 0 aliphatic carbocycles. The molecule has 0 spiro atoms. The summed E-state index contributed by atoms with van der Waals surface area (Å²) < 4.78 is 4.53. The van der Waals surface area contributed by atoms with Crippen molar-refractivity contribution in [2.24, 2.45) is 11.1 Å². The standard InChI is InChI=1S/C8H18N2O2/c1-8(2,3)6-10-4-5-12-7(9)11/h10H,4-6H2,1-3H3,(H2,9,11). The van der Waals surface area contributed by atoms with Gasteiger partial charge in [0.05, 0.1) is 0 Å². The molecule has 0 heterocycles. The maximum Gasteiger partial charge on any atom is 0.404 e. The summed E-state index contributed by atoms with van der Waals surface area (Å²) >= 11 is 0. The van der Waals surface area contributed by atoms with E-state index >= 15 is 0 Å². The van der Waals surface area contributed by atoms with E-state index in [2.05, 4.69) is 30.8 Å². The third kappa shape index (κ3) is 9.23. The highest BCUT2D eigenvalue weighted by atomic mass is 16.5. The van der Waals surface area contributed by atoms with Gasteiger partial charge in [-0.25, -0.2) is 4.79 Å². The van der Waals surface area contributed by atoms with Gasteiger partial charge in [0.2, 0.25) is 0 Å². The molecule has 4 nitrogen and oxygen atoms in total. The molecule has 0 saturated carbocycles. The van der Waals surface area contributed by atoms with E-state index in [0.717, 1.165) is 6.54 Å². The average molecular weight is 174 g/mol. The van der Waals surface area contributed by atoms with E-state index in [9.17, 15) is 4.79 Å². The summed E-state index contributed by atoms with van der Waals surface area (Å²) in [6.45, 7) is 8.29. The lowest BCUT2D eigenvalue weighted by molar-refractivity contribution is 0.156. The number of rotatable bonds is 4. The number of nitrogens with one attached hydrogen (secondary N) is 1. The first-order valence-corrected chi connectivity index (χ1v) is 4.05. The van der Waals surface area contributed by atoms with Gasteiger partial charge in [-0.1, -0.05) is 20.8 Å². The van der Waals surface area contributed by atoms with Crippen LogP contribution in [0.15, 0.2) is 0 Å². The lowest BCUT2D eigenvalue weighted by atomic mass is 9.97. The molecule has 0 aliphatic heterocycles. The third-order valence-corrected chi connectivity index (χ3v) is 1.18. The van der Waals surface area contributed by atoms with E-state index in [-0.39, 0.29) is 5.41 Å². The highest BCUT2D eigenvalue weighted by Gasteiger charge is 2.08. The van der Waals surface area contributed by atoms with Gasteiger partial charge in [0.25, 0.3) is 0 Å². The molecule has 1 amide bonds. The molecule has 0 fully saturated rings. The molecular formula is C8H18N2O2. The summed E-state index contributed by atoms with van der Waals surface area (Å²) in [5.41, 5.74) is 5.03. The van der Waals surface area contributed by atoms with E-state index in [0.29, 0.717) is 13.2 Å². The number of carbonyl (C=O) groups excluding carboxylic acids is 1. The van der Waals surface area contributed by atoms with E-state index in [4.69, 9.17) is 5.73 Å². The van der Waals surface area contributed by atoms with Crippen LogP contribution in [0.4, 0.5) is 4.79 Å². The van der Waals surface area contributed by atoms with Crippen molar-refractivity contribution >= 4 is 6.09 Å². The van der Waals surface area contributed by atoms with Crippen molar-refractivity contribution in [1.82, 2.24) is 5.32 Å². The minimum Gasteiger partial charge on any atom is -0.448 e. The quantitative estimate of drug-likeness (QED) is 0.617. The van der Waals surface area contributed by atoms with Crippen LogP contribution in [0.25, 0.3) is 0 Å². The highest BCUT2D eigenvalue weighted by Crippen LogP contribution is 2.09. The Kier molecular flexibility index (Phi) is 4.66. The second-order valence-corrected chi connectivity index (χ2v) is 3.90. The Morgan fingerprint density at radius 1 is 1.50 bits per heavy atom. The Morgan fingerprint density at radius 2 is 2.08 bits per heavy atom. The van der Waals surface area contributed by atoms with Gasteiger partial charge in [0.1, 0.15) is 6.61 Å². The predicted molar refractivity (Wildman–Crippen MR) is 47.9 cm³/mol. The first kappa shape index (κ1) is 11.2. The number of ether oxygens (including phenoxy) is 1. The van der Waals surface area contributed by atoms with E-state index in [1.54, 1.807) is 0 Å². The number of hydrogen-bond acceptors (Lipinski definition) is 3. The van der Waals surface area contributed by atoms with Crippen LogP contribution in [0.3, 0.4) is 0 Å². The van der Waals surface area contributed by atoms with Crippen molar-refractivity contribution in [1.29, 1.82) is 0 Å². The maximum atomic E-state index is 10.1. The lowest BCUT2D eigenvalue weighted by Gasteiger charge is -2.18. The van der Waals surface area contributed by atoms with Gasteiger partial charge in [-0.2, -0.15) is 0 Å². The fraction of sp³-hybridized carbons (Fsp3) is 0.875. The normalized spacial score (nSPS) is 11.2. The SMILES string of the molecule is CC(C)(C)CNCCOC(N)=O. The Bertz CT molecular complexity index is 140. The molecule has 0 bridgehead atoms. The molecule has 0 aromatic carbocycles. The van der Waals surface area contributed by atoms with E-state index in [1.807, 2.05) is 0 Å². The smallest absolute Gasteiger partial charge is 0.404 e. The summed E-state index contributed by atoms with van der Waals surface area (Å²) in [4.78, 5) is 10.1. The van der Waals surface area contributed by atoms with Crippen LogP contribution in [0.1, 0.15) is 20.8 Å². The molecule has 0 radical (unpaired) electrons. The first-order valence-electron chi connectivity index (χ1n) is 4.05. The van der Waals surface area contributed by atoms with E-state index < -0.39 is 6.09 Å². The van der Waals surface area contributed by atoms with Gasteiger partial charge in [-0.15, -0.1) is 0 Å². The Hall–Kier alpha value is -0.770. The number of primary amides is 1. The van der Waals surface area contributed by atoms with Crippen LogP contribution in [-0.2, 0) is 4.74 Å². The summed E-state index contributed by atoms with van der Waals surface area (Å²) in [6, 6.07) is 0. The molecule has 72 valence electrons. The molecule has 0 aromatic heterocycles. The van der Waals surface area contributed by atoms with Crippen LogP contribution in [0.2, 0.25) is 0 Å². The second kappa shape index (κ2) is 4.98. The molecule has 4 heteroatoms. The maximum absolute atomic E-state index is 10.1. The number of amides is 1. The van der Waals surface area contributed by atoms with Crippen LogP contribution in [0, 0.1) is 5.41 Å². The first-order chi connectivity index (χ1) is 5.42. The van der Waals surface area contributed by atoms with Crippen molar-refractivity contribution in [2.75, 3.05) is 19.7 Å². The van der Waals surface area contributed by atoms with E-state index in [1.165, 1.54) is 0 Å². The lowest BCUT2D eigenvalue weighted by Crippen LogP contribution is -2.30. The summed E-state index contributed by atoms with van der Waals surface area (Å²) in [7, 11) is 0.